The van der Waals surface area contributed by atoms with Crippen molar-refractivity contribution in [1.82, 2.24) is 5.32 Å². The van der Waals surface area contributed by atoms with Gasteiger partial charge in [0.05, 0.1) is 24.9 Å². The molecule has 0 saturated carbocycles. The van der Waals surface area contributed by atoms with Crippen LogP contribution in [0.3, 0.4) is 0 Å². The summed E-state index contributed by atoms with van der Waals surface area (Å²) in [5.41, 5.74) is 3.58. The summed E-state index contributed by atoms with van der Waals surface area (Å²) in [6, 6.07) is 20.5. The molecule has 1 fully saturated rings. The van der Waals surface area contributed by atoms with Crippen molar-refractivity contribution in [2.75, 3.05) is 64.6 Å². The minimum atomic E-state index is 0.0865. The van der Waals surface area contributed by atoms with Gasteiger partial charge in [-0.05, 0) is 66.9 Å². The van der Waals surface area contributed by atoms with Gasteiger partial charge in [0.1, 0.15) is 37.1 Å². The number of fused-ring (bicyclic) bond motifs is 2. The van der Waals surface area contributed by atoms with E-state index in [1.165, 1.54) is 5.56 Å². The van der Waals surface area contributed by atoms with Crippen molar-refractivity contribution in [1.29, 1.82) is 0 Å². The standard InChI is InChI=1S/C32H38N2O6/c1-35-15-2-13-34-14-16-36-29-9-3-23(19-28(29)34)22-39-32-21-33-12-11-27(32)24-4-6-25(7-5-24)40-26-8-10-30-31(20-26)38-18-17-37-30/h3-10,19-20,27,32-33H,2,11-18,21-22H2,1H3/t27-,32+/m1/s1. The van der Waals surface area contributed by atoms with E-state index in [2.05, 4.69) is 40.5 Å². The molecule has 0 spiro atoms. The van der Waals surface area contributed by atoms with E-state index in [0.717, 1.165) is 85.6 Å². The first-order valence-corrected chi connectivity index (χ1v) is 14.3. The lowest BCUT2D eigenvalue weighted by Crippen LogP contribution is -2.41. The molecule has 0 bridgehead atoms. The predicted molar refractivity (Wildman–Crippen MR) is 153 cm³/mol. The molecule has 212 valence electrons. The van der Waals surface area contributed by atoms with Gasteiger partial charge in [-0.15, -0.1) is 0 Å². The zero-order chi connectivity index (χ0) is 27.1. The van der Waals surface area contributed by atoms with Crippen LogP contribution >= 0.6 is 0 Å². The van der Waals surface area contributed by atoms with Crippen LogP contribution in [0.25, 0.3) is 0 Å². The first-order valence-electron chi connectivity index (χ1n) is 14.3. The number of piperidine rings is 1. The van der Waals surface area contributed by atoms with Crippen LogP contribution < -0.4 is 29.2 Å². The highest BCUT2D eigenvalue weighted by Gasteiger charge is 2.28. The Labute approximate surface area is 236 Å². The van der Waals surface area contributed by atoms with E-state index in [9.17, 15) is 0 Å². The number of anilines is 1. The minimum absolute atomic E-state index is 0.0865. The Kier molecular flexibility index (Phi) is 8.56. The Morgan fingerprint density at radius 2 is 1.68 bits per heavy atom. The summed E-state index contributed by atoms with van der Waals surface area (Å²) >= 11 is 0. The molecule has 6 rings (SSSR count). The fraction of sp³-hybridized carbons (Fsp3) is 0.438. The van der Waals surface area contributed by atoms with Crippen molar-refractivity contribution in [3.8, 4) is 28.7 Å². The van der Waals surface area contributed by atoms with Gasteiger partial charge in [-0.2, -0.15) is 0 Å². The third-order valence-electron chi connectivity index (χ3n) is 7.71. The SMILES string of the molecule is COCCCN1CCOc2ccc(CO[C@H]3CNCC[C@@H]3c3ccc(Oc4ccc5c(c4)OCCO5)cc3)cc21. The van der Waals surface area contributed by atoms with Gasteiger partial charge in [-0.3, -0.25) is 0 Å². The summed E-state index contributed by atoms with van der Waals surface area (Å²) in [7, 11) is 1.75. The number of ether oxygens (including phenoxy) is 6. The zero-order valence-electron chi connectivity index (χ0n) is 23.1. The number of benzene rings is 3. The van der Waals surface area contributed by atoms with E-state index in [1.54, 1.807) is 7.11 Å². The molecule has 0 aliphatic carbocycles. The van der Waals surface area contributed by atoms with Gasteiger partial charge in [0.25, 0.3) is 0 Å². The molecule has 0 amide bonds. The second-order valence-corrected chi connectivity index (χ2v) is 10.4. The maximum Gasteiger partial charge on any atom is 0.165 e. The molecule has 2 atom stereocenters. The Morgan fingerprint density at radius 1 is 0.875 bits per heavy atom. The fourth-order valence-electron chi connectivity index (χ4n) is 5.64. The van der Waals surface area contributed by atoms with Crippen LogP contribution in [0.15, 0.2) is 60.7 Å². The van der Waals surface area contributed by atoms with Crippen molar-refractivity contribution in [3.05, 3.63) is 71.8 Å². The van der Waals surface area contributed by atoms with Crippen LogP contribution in [0.2, 0.25) is 0 Å². The molecule has 40 heavy (non-hydrogen) atoms. The Morgan fingerprint density at radius 3 is 2.55 bits per heavy atom. The van der Waals surface area contributed by atoms with Gasteiger partial charge in [-0.1, -0.05) is 18.2 Å². The Bertz CT molecular complexity index is 1270. The maximum atomic E-state index is 6.54. The smallest absolute Gasteiger partial charge is 0.165 e. The number of hydrogen-bond donors (Lipinski definition) is 1. The van der Waals surface area contributed by atoms with Gasteiger partial charge in [0, 0.05) is 38.8 Å². The average Bonchev–Trinajstić information content (AvgIpc) is 3.01. The molecule has 3 aliphatic rings. The van der Waals surface area contributed by atoms with E-state index < -0.39 is 0 Å². The lowest BCUT2D eigenvalue weighted by Gasteiger charge is -2.33. The number of nitrogens with one attached hydrogen (secondary N) is 1. The molecule has 1 saturated heterocycles. The highest BCUT2D eigenvalue weighted by Crippen LogP contribution is 2.37. The summed E-state index contributed by atoms with van der Waals surface area (Å²) in [4.78, 5) is 2.39. The molecular weight excluding hydrogens is 508 g/mol. The molecule has 3 heterocycles. The first-order chi connectivity index (χ1) is 19.8. The van der Waals surface area contributed by atoms with Crippen molar-refractivity contribution in [2.45, 2.75) is 31.5 Å². The molecule has 0 radical (unpaired) electrons. The van der Waals surface area contributed by atoms with E-state index in [1.807, 2.05) is 30.3 Å². The van der Waals surface area contributed by atoms with Crippen LogP contribution in [0.1, 0.15) is 29.9 Å². The highest BCUT2D eigenvalue weighted by molar-refractivity contribution is 5.61. The van der Waals surface area contributed by atoms with Crippen LogP contribution in [0.4, 0.5) is 5.69 Å². The summed E-state index contributed by atoms with van der Waals surface area (Å²) in [6.45, 7) is 6.83. The molecule has 0 unspecified atom stereocenters. The summed E-state index contributed by atoms with van der Waals surface area (Å²) < 4.78 is 35.1. The monoisotopic (exact) mass is 546 g/mol. The molecule has 3 aromatic carbocycles. The molecule has 3 aliphatic heterocycles. The van der Waals surface area contributed by atoms with Crippen molar-refractivity contribution < 1.29 is 28.4 Å². The Hall–Kier alpha value is -3.46. The van der Waals surface area contributed by atoms with Gasteiger partial charge >= 0.3 is 0 Å². The Balaban J connectivity index is 1.09. The molecule has 8 nitrogen and oxygen atoms in total. The molecule has 8 heteroatoms. The molecule has 3 aromatic rings. The van der Waals surface area contributed by atoms with E-state index in [0.29, 0.717) is 32.3 Å². The normalized spacial score (nSPS) is 20.0. The highest BCUT2D eigenvalue weighted by atomic mass is 16.6. The number of nitrogens with zero attached hydrogens (tertiary/aromatic N) is 1. The van der Waals surface area contributed by atoms with Crippen molar-refractivity contribution >= 4 is 5.69 Å². The second-order valence-electron chi connectivity index (χ2n) is 10.4. The van der Waals surface area contributed by atoms with E-state index in [4.69, 9.17) is 28.4 Å². The number of methoxy groups -OCH3 is 1. The fourth-order valence-corrected chi connectivity index (χ4v) is 5.64. The second kappa shape index (κ2) is 12.8. The van der Waals surface area contributed by atoms with E-state index >= 15 is 0 Å². The van der Waals surface area contributed by atoms with Gasteiger partial charge < -0.3 is 38.6 Å². The number of hydrogen-bond acceptors (Lipinski definition) is 8. The van der Waals surface area contributed by atoms with Crippen molar-refractivity contribution in [2.24, 2.45) is 0 Å². The summed E-state index contributed by atoms with van der Waals surface area (Å²) in [5.74, 6) is 4.26. The topological polar surface area (TPSA) is 70.7 Å². The number of rotatable bonds is 10. The van der Waals surface area contributed by atoms with Crippen molar-refractivity contribution in [3.63, 3.8) is 0 Å². The van der Waals surface area contributed by atoms with Crippen LogP contribution in [-0.4, -0.2) is 65.8 Å². The van der Waals surface area contributed by atoms with Gasteiger partial charge in [0.15, 0.2) is 11.5 Å². The summed E-state index contributed by atoms with van der Waals surface area (Å²) in [6.07, 6.45) is 2.11. The third-order valence-corrected chi connectivity index (χ3v) is 7.71. The minimum Gasteiger partial charge on any atom is -0.490 e. The zero-order valence-corrected chi connectivity index (χ0v) is 23.1. The van der Waals surface area contributed by atoms with Crippen LogP contribution in [0, 0.1) is 0 Å². The maximum absolute atomic E-state index is 6.54. The first kappa shape index (κ1) is 26.7. The third kappa shape index (κ3) is 6.30. The predicted octanol–water partition coefficient (Wildman–Crippen LogP) is 5.15. The molecule has 1 N–H and O–H groups in total. The molecular formula is C32H38N2O6. The quantitative estimate of drug-likeness (QED) is 0.350. The van der Waals surface area contributed by atoms with Gasteiger partial charge in [0.2, 0.25) is 0 Å². The largest absolute Gasteiger partial charge is 0.490 e. The van der Waals surface area contributed by atoms with Crippen LogP contribution in [-0.2, 0) is 16.1 Å². The van der Waals surface area contributed by atoms with E-state index in [-0.39, 0.29) is 6.10 Å². The average molecular weight is 547 g/mol. The molecule has 0 aromatic heterocycles. The lowest BCUT2D eigenvalue weighted by molar-refractivity contribution is 0.0106. The van der Waals surface area contributed by atoms with Gasteiger partial charge in [-0.25, -0.2) is 0 Å². The summed E-state index contributed by atoms with van der Waals surface area (Å²) in [5, 5.41) is 3.51. The lowest BCUT2D eigenvalue weighted by atomic mass is 9.87. The van der Waals surface area contributed by atoms with Crippen LogP contribution in [0.5, 0.6) is 28.7 Å².